The fraction of sp³-hybridized carbons (Fsp3) is 1.00. The molecular weight excluding hydrogens is 186 g/mol. The van der Waals surface area contributed by atoms with Crippen molar-refractivity contribution in [1.82, 2.24) is 15.1 Å². The summed E-state index contributed by atoms with van der Waals surface area (Å²) in [5.74, 6) is 0. The Kier molecular flexibility index (Phi) is 9.06. The molecule has 3 nitrogen and oxygen atoms in total. The highest BCUT2D eigenvalue weighted by atomic mass is 15.2. The van der Waals surface area contributed by atoms with Gasteiger partial charge in [0.1, 0.15) is 0 Å². The van der Waals surface area contributed by atoms with Gasteiger partial charge in [0, 0.05) is 25.7 Å². The summed E-state index contributed by atoms with van der Waals surface area (Å²) in [5, 5.41) is 3.58. The van der Waals surface area contributed by atoms with Crippen LogP contribution in [-0.2, 0) is 0 Å². The van der Waals surface area contributed by atoms with Crippen LogP contribution >= 0.6 is 0 Å². The number of hydrogen-bond donors (Lipinski definition) is 1. The van der Waals surface area contributed by atoms with Crippen LogP contribution in [0.2, 0.25) is 0 Å². The Bertz CT molecular complexity index is 137. The first-order valence-electron chi connectivity index (χ1n) is 6.16. The van der Waals surface area contributed by atoms with Gasteiger partial charge in [-0.1, -0.05) is 13.8 Å². The van der Waals surface area contributed by atoms with E-state index < -0.39 is 0 Å². The summed E-state index contributed by atoms with van der Waals surface area (Å²) < 4.78 is 0. The molecule has 0 aromatic carbocycles. The van der Waals surface area contributed by atoms with E-state index in [0.717, 1.165) is 26.2 Å². The topological polar surface area (TPSA) is 18.5 Å². The highest BCUT2D eigenvalue weighted by molar-refractivity contribution is 4.69. The molecule has 0 bridgehead atoms. The van der Waals surface area contributed by atoms with Crippen LogP contribution in [-0.4, -0.2) is 63.2 Å². The van der Waals surface area contributed by atoms with Gasteiger partial charge in [-0.3, -0.25) is 0 Å². The Labute approximate surface area is 95.8 Å². The second-order valence-electron chi connectivity index (χ2n) is 4.62. The largest absolute Gasteiger partial charge is 0.313 e. The maximum atomic E-state index is 3.58. The van der Waals surface area contributed by atoms with E-state index in [4.69, 9.17) is 0 Å². The molecule has 92 valence electrons. The van der Waals surface area contributed by atoms with Crippen molar-refractivity contribution >= 4 is 0 Å². The van der Waals surface area contributed by atoms with Gasteiger partial charge in [0.2, 0.25) is 0 Å². The third-order valence-electron chi connectivity index (χ3n) is 2.64. The van der Waals surface area contributed by atoms with E-state index in [2.05, 4.69) is 50.1 Å². The van der Waals surface area contributed by atoms with Crippen molar-refractivity contribution in [2.75, 3.05) is 47.3 Å². The Morgan fingerprint density at radius 3 is 2.20 bits per heavy atom. The third kappa shape index (κ3) is 8.85. The van der Waals surface area contributed by atoms with Gasteiger partial charge in [-0.25, -0.2) is 0 Å². The van der Waals surface area contributed by atoms with E-state index in [1.54, 1.807) is 0 Å². The second kappa shape index (κ2) is 9.13. The molecule has 0 fully saturated rings. The molecule has 15 heavy (non-hydrogen) atoms. The zero-order valence-electron chi connectivity index (χ0n) is 11.2. The van der Waals surface area contributed by atoms with Crippen LogP contribution in [0.15, 0.2) is 0 Å². The maximum Gasteiger partial charge on any atom is 0.0192 e. The first kappa shape index (κ1) is 14.9. The zero-order chi connectivity index (χ0) is 11.7. The standard InChI is InChI=1S/C12H29N3/c1-6-8-13-12(7-2)11-15(5)10-9-14(3)4/h12-13H,6-11H2,1-5H3. The molecule has 0 aliphatic carbocycles. The fourth-order valence-electron chi connectivity index (χ4n) is 1.52. The molecule has 3 heteroatoms. The van der Waals surface area contributed by atoms with E-state index in [1.807, 2.05) is 0 Å². The summed E-state index contributed by atoms with van der Waals surface area (Å²) in [6.07, 6.45) is 2.43. The molecule has 1 N–H and O–H groups in total. The van der Waals surface area contributed by atoms with E-state index >= 15 is 0 Å². The Morgan fingerprint density at radius 1 is 1.07 bits per heavy atom. The molecule has 0 rings (SSSR count). The van der Waals surface area contributed by atoms with Gasteiger partial charge in [0.25, 0.3) is 0 Å². The van der Waals surface area contributed by atoms with Crippen molar-refractivity contribution in [3.63, 3.8) is 0 Å². The number of hydrogen-bond acceptors (Lipinski definition) is 3. The minimum absolute atomic E-state index is 0.650. The summed E-state index contributed by atoms with van der Waals surface area (Å²) in [6.45, 7) is 9.06. The lowest BCUT2D eigenvalue weighted by Crippen LogP contribution is -2.41. The van der Waals surface area contributed by atoms with E-state index in [1.165, 1.54) is 12.8 Å². The average Bonchev–Trinajstić information content (AvgIpc) is 2.21. The molecular formula is C12H29N3. The first-order valence-corrected chi connectivity index (χ1v) is 6.16. The molecule has 0 amide bonds. The summed E-state index contributed by atoms with van der Waals surface area (Å²) in [5.41, 5.74) is 0. The fourth-order valence-corrected chi connectivity index (χ4v) is 1.52. The van der Waals surface area contributed by atoms with Gasteiger partial charge in [-0.15, -0.1) is 0 Å². The number of nitrogens with zero attached hydrogens (tertiary/aromatic N) is 2. The van der Waals surface area contributed by atoms with Crippen molar-refractivity contribution < 1.29 is 0 Å². The summed E-state index contributed by atoms with van der Waals surface area (Å²) in [6, 6.07) is 0.650. The quantitative estimate of drug-likeness (QED) is 0.625. The van der Waals surface area contributed by atoms with Crippen LogP contribution in [0.3, 0.4) is 0 Å². The van der Waals surface area contributed by atoms with Gasteiger partial charge in [-0.05, 0) is 40.5 Å². The molecule has 0 aliphatic rings. The lowest BCUT2D eigenvalue weighted by Gasteiger charge is -2.25. The van der Waals surface area contributed by atoms with Crippen LogP contribution in [0.5, 0.6) is 0 Å². The van der Waals surface area contributed by atoms with Gasteiger partial charge >= 0.3 is 0 Å². The molecule has 0 aromatic heterocycles. The van der Waals surface area contributed by atoms with Crippen LogP contribution in [0.1, 0.15) is 26.7 Å². The van der Waals surface area contributed by atoms with Gasteiger partial charge < -0.3 is 15.1 Å². The average molecular weight is 215 g/mol. The van der Waals surface area contributed by atoms with E-state index in [-0.39, 0.29) is 0 Å². The maximum absolute atomic E-state index is 3.58. The molecule has 1 atom stereocenters. The van der Waals surface area contributed by atoms with E-state index in [9.17, 15) is 0 Å². The zero-order valence-corrected chi connectivity index (χ0v) is 11.2. The van der Waals surface area contributed by atoms with Gasteiger partial charge in [0.15, 0.2) is 0 Å². The Morgan fingerprint density at radius 2 is 1.73 bits per heavy atom. The first-order chi connectivity index (χ1) is 7.10. The molecule has 0 spiro atoms. The van der Waals surface area contributed by atoms with Crippen molar-refractivity contribution in [1.29, 1.82) is 0 Å². The third-order valence-corrected chi connectivity index (χ3v) is 2.64. The van der Waals surface area contributed by atoms with Gasteiger partial charge in [0.05, 0.1) is 0 Å². The van der Waals surface area contributed by atoms with Gasteiger partial charge in [-0.2, -0.15) is 0 Å². The summed E-state index contributed by atoms with van der Waals surface area (Å²) in [4.78, 5) is 4.65. The van der Waals surface area contributed by atoms with Crippen molar-refractivity contribution in [2.24, 2.45) is 0 Å². The van der Waals surface area contributed by atoms with Crippen molar-refractivity contribution in [2.45, 2.75) is 32.7 Å². The van der Waals surface area contributed by atoms with Crippen molar-refractivity contribution in [3.8, 4) is 0 Å². The van der Waals surface area contributed by atoms with Crippen LogP contribution in [0.25, 0.3) is 0 Å². The molecule has 0 saturated carbocycles. The van der Waals surface area contributed by atoms with Crippen LogP contribution < -0.4 is 5.32 Å². The predicted molar refractivity (Wildman–Crippen MR) is 68.4 cm³/mol. The van der Waals surface area contributed by atoms with E-state index in [0.29, 0.717) is 6.04 Å². The normalized spacial score (nSPS) is 13.8. The van der Waals surface area contributed by atoms with Crippen LogP contribution in [0.4, 0.5) is 0 Å². The summed E-state index contributed by atoms with van der Waals surface area (Å²) in [7, 11) is 6.46. The number of likely N-dealkylation sites (N-methyl/N-ethyl adjacent to an activating group) is 2. The molecule has 0 saturated heterocycles. The van der Waals surface area contributed by atoms with Crippen molar-refractivity contribution in [3.05, 3.63) is 0 Å². The molecule has 0 heterocycles. The highest BCUT2D eigenvalue weighted by Crippen LogP contribution is 1.95. The lowest BCUT2D eigenvalue weighted by atomic mass is 10.2. The highest BCUT2D eigenvalue weighted by Gasteiger charge is 2.08. The molecule has 0 radical (unpaired) electrons. The monoisotopic (exact) mass is 215 g/mol. The minimum atomic E-state index is 0.650. The number of nitrogens with one attached hydrogen (secondary N) is 1. The summed E-state index contributed by atoms with van der Waals surface area (Å²) >= 11 is 0. The SMILES string of the molecule is CCCNC(CC)CN(C)CCN(C)C. The molecule has 1 unspecified atom stereocenters. The Hall–Kier alpha value is -0.120. The minimum Gasteiger partial charge on any atom is -0.313 e. The smallest absolute Gasteiger partial charge is 0.0192 e. The second-order valence-corrected chi connectivity index (χ2v) is 4.62. The lowest BCUT2D eigenvalue weighted by molar-refractivity contribution is 0.253. The Balaban J connectivity index is 3.64. The molecule has 0 aromatic rings. The predicted octanol–water partition coefficient (Wildman–Crippen LogP) is 1.26. The van der Waals surface area contributed by atoms with Crippen LogP contribution in [0, 0.1) is 0 Å². The molecule has 0 aliphatic heterocycles. The number of rotatable bonds is 9.